The van der Waals surface area contributed by atoms with Gasteiger partial charge in [-0.3, -0.25) is 4.79 Å². The summed E-state index contributed by atoms with van der Waals surface area (Å²) in [6.07, 6.45) is 0. The van der Waals surface area contributed by atoms with Gasteiger partial charge in [-0.15, -0.1) is 0 Å². The van der Waals surface area contributed by atoms with Gasteiger partial charge in [0.25, 0.3) is 0 Å². The average Bonchev–Trinajstić information content (AvgIpc) is 2.03. The lowest BCUT2D eigenvalue weighted by atomic mass is 10.1. The maximum absolute atomic E-state index is 11.4. The van der Waals surface area contributed by atoms with Crippen molar-refractivity contribution >= 4 is 44.9 Å². The second kappa shape index (κ2) is 3.77. The van der Waals surface area contributed by atoms with E-state index in [9.17, 15) is 4.79 Å². The Bertz CT molecular complexity index is 279. The topological polar surface area (TPSA) is 17.1 Å². The van der Waals surface area contributed by atoms with Crippen LogP contribution in [0.15, 0.2) is 30.3 Å². The van der Waals surface area contributed by atoms with Gasteiger partial charge in [0.2, 0.25) is 9.03 Å². The van der Waals surface area contributed by atoms with Crippen LogP contribution in [-0.2, 0) is 0 Å². The number of alkyl halides is 3. The van der Waals surface area contributed by atoms with Crippen molar-refractivity contribution in [2.45, 2.75) is 3.24 Å². The van der Waals surface area contributed by atoms with Crippen molar-refractivity contribution in [1.29, 1.82) is 0 Å². The van der Waals surface area contributed by atoms with Gasteiger partial charge < -0.3 is 0 Å². The van der Waals surface area contributed by atoms with Gasteiger partial charge in [-0.1, -0.05) is 53.5 Å². The summed E-state index contributed by atoms with van der Waals surface area (Å²) < 4.78 is -1.52. The summed E-state index contributed by atoms with van der Waals surface area (Å²) in [4.78, 5) is 11.4. The molecule has 64 valence electrons. The van der Waals surface area contributed by atoms with Gasteiger partial charge in [0.1, 0.15) is 0 Å². The molecule has 0 aliphatic rings. The summed E-state index contributed by atoms with van der Waals surface area (Å²) in [5.41, 5.74) is 0.486. The zero-order valence-corrected chi connectivity index (χ0v) is 9.03. The normalized spacial score (nSPS) is 11.2. The van der Waals surface area contributed by atoms with Crippen LogP contribution in [0.25, 0.3) is 0 Å². The Morgan fingerprint density at radius 1 is 1.25 bits per heavy atom. The largest absolute Gasteiger partial charge is 0.290 e. The molecule has 0 saturated carbocycles. The predicted octanol–water partition coefficient (Wildman–Crippen LogP) is 3.40. The monoisotopic (exact) mass is 266 g/mol. The number of hydrogen-bond acceptors (Lipinski definition) is 1. The quantitative estimate of drug-likeness (QED) is 0.593. The Balaban J connectivity index is 2.94. The fourth-order valence-corrected chi connectivity index (χ4v) is 1.20. The molecule has 0 aliphatic carbocycles. The maximum Gasteiger partial charge on any atom is 0.234 e. The molecule has 0 saturated heterocycles. The van der Waals surface area contributed by atoms with Gasteiger partial charge in [-0.25, -0.2) is 0 Å². The van der Waals surface area contributed by atoms with Gasteiger partial charge in [0.05, 0.1) is 0 Å². The summed E-state index contributed by atoms with van der Waals surface area (Å²) in [6.45, 7) is 0. The molecule has 0 bridgehead atoms. The molecule has 0 atom stereocenters. The highest BCUT2D eigenvalue weighted by Gasteiger charge is 2.30. The second-order valence-electron chi connectivity index (χ2n) is 2.19. The van der Waals surface area contributed by atoms with E-state index in [1.807, 2.05) is 6.07 Å². The summed E-state index contributed by atoms with van der Waals surface area (Å²) in [6, 6.07) is 8.63. The molecule has 0 radical (unpaired) electrons. The van der Waals surface area contributed by atoms with E-state index in [1.54, 1.807) is 24.3 Å². The standard InChI is InChI=1S/C8H5BrCl2O/c9-8(10,11)7(12)6-4-2-1-3-5-6/h1-5H. The third-order valence-electron chi connectivity index (χ3n) is 1.29. The van der Waals surface area contributed by atoms with Crippen LogP contribution in [0.5, 0.6) is 0 Å². The Hall–Kier alpha value is -0.0500. The molecule has 4 heteroatoms. The van der Waals surface area contributed by atoms with Crippen LogP contribution in [0.4, 0.5) is 0 Å². The third kappa shape index (κ3) is 2.47. The molecular formula is C8H5BrCl2O. The van der Waals surface area contributed by atoms with E-state index in [2.05, 4.69) is 15.9 Å². The maximum atomic E-state index is 11.4. The summed E-state index contributed by atoms with van der Waals surface area (Å²) in [5.74, 6) is -0.355. The minimum Gasteiger partial charge on any atom is -0.290 e. The van der Waals surface area contributed by atoms with Gasteiger partial charge in [-0.2, -0.15) is 0 Å². The molecule has 1 aromatic rings. The summed E-state index contributed by atoms with van der Waals surface area (Å²) in [7, 11) is 0. The van der Waals surface area contributed by atoms with E-state index in [0.29, 0.717) is 5.56 Å². The molecule has 0 N–H and O–H groups in total. The number of carbonyl (C=O) groups is 1. The van der Waals surface area contributed by atoms with Crippen LogP contribution in [0.1, 0.15) is 10.4 Å². The van der Waals surface area contributed by atoms with Crippen LogP contribution in [0.2, 0.25) is 0 Å². The molecular weight excluding hydrogens is 263 g/mol. The van der Waals surface area contributed by atoms with E-state index < -0.39 is 3.24 Å². The van der Waals surface area contributed by atoms with Crippen LogP contribution in [0.3, 0.4) is 0 Å². The average molecular weight is 268 g/mol. The molecule has 1 nitrogen and oxygen atoms in total. The highest BCUT2D eigenvalue weighted by molar-refractivity contribution is 9.11. The Morgan fingerprint density at radius 3 is 2.17 bits per heavy atom. The summed E-state index contributed by atoms with van der Waals surface area (Å²) >= 11 is 14.0. The number of hydrogen-bond donors (Lipinski definition) is 0. The van der Waals surface area contributed by atoms with E-state index in [-0.39, 0.29) is 5.78 Å². The molecule has 0 heterocycles. The lowest BCUT2D eigenvalue weighted by molar-refractivity contribution is 0.1000. The lowest BCUT2D eigenvalue weighted by Crippen LogP contribution is -2.17. The molecule has 0 unspecified atom stereocenters. The number of carbonyl (C=O) groups excluding carboxylic acids is 1. The first-order valence-electron chi connectivity index (χ1n) is 3.18. The first-order chi connectivity index (χ1) is 5.52. The molecule has 1 aromatic carbocycles. The number of ketones is 1. The Kier molecular flexibility index (Phi) is 3.16. The van der Waals surface area contributed by atoms with Crippen molar-refractivity contribution in [3.63, 3.8) is 0 Å². The zero-order valence-electron chi connectivity index (χ0n) is 5.93. The highest BCUT2D eigenvalue weighted by Crippen LogP contribution is 2.32. The second-order valence-corrected chi connectivity index (χ2v) is 5.62. The minimum atomic E-state index is -1.52. The van der Waals surface area contributed by atoms with Crippen molar-refractivity contribution in [2.75, 3.05) is 0 Å². The number of benzene rings is 1. The van der Waals surface area contributed by atoms with Gasteiger partial charge in [0, 0.05) is 5.56 Å². The van der Waals surface area contributed by atoms with E-state index in [0.717, 1.165) is 0 Å². The van der Waals surface area contributed by atoms with Crippen molar-refractivity contribution in [3.8, 4) is 0 Å². The molecule has 0 fully saturated rings. The highest BCUT2D eigenvalue weighted by atomic mass is 79.9. The van der Waals surface area contributed by atoms with Gasteiger partial charge >= 0.3 is 0 Å². The molecule has 0 spiro atoms. The van der Waals surface area contributed by atoms with E-state index in [4.69, 9.17) is 23.2 Å². The van der Waals surface area contributed by atoms with Crippen molar-refractivity contribution in [2.24, 2.45) is 0 Å². The van der Waals surface area contributed by atoms with Crippen LogP contribution >= 0.6 is 39.1 Å². The zero-order chi connectivity index (χ0) is 9.19. The molecule has 12 heavy (non-hydrogen) atoms. The number of rotatable bonds is 2. The summed E-state index contributed by atoms with van der Waals surface area (Å²) in [5, 5.41) is 0. The minimum absolute atomic E-state index is 0.355. The van der Waals surface area contributed by atoms with E-state index in [1.165, 1.54) is 0 Å². The molecule has 0 aromatic heterocycles. The van der Waals surface area contributed by atoms with Gasteiger partial charge in [-0.05, 0) is 15.9 Å². The number of halogens is 3. The van der Waals surface area contributed by atoms with Gasteiger partial charge in [0.15, 0.2) is 0 Å². The number of Topliss-reactive ketones (excluding diaryl/α,β-unsaturated/α-hetero) is 1. The van der Waals surface area contributed by atoms with Crippen LogP contribution in [0, 0.1) is 0 Å². The fraction of sp³-hybridized carbons (Fsp3) is 0.125. The first kappa shape index (κ1) is 10.0. The first-order valence-corrected chi connectivity index (χ1v) is 4.73. The lowest BCUT2D eigenvalue weighted by Gasteiger charge is -2.08. The molecule has 0 amide bonds. The van der Waals surface area contributed by atoms with Crippen LogP contribution in [-0.4, -0.2) is 9.03 Å². The Labute approximate surface area is 88.8 Å². The fourth-order valence-electron chi connectivity index (χ4n) is 0.753. The van der Waals surface area contributed by atoms with Crippen molar-refractivity contribution in [1.82, 2.24) is 0 Å². The predicted molar refractivity (Wildman–Crippen MR) is 54.1 cm³/mol. The van der Waals surface area contributed by atoms with Crippen LogP contribution < -0.4 is 0 Å². The van der Waals surface area contributed by atoms with Crippen molar-refractivity contribution < 1.29 is 4.79 Å². The van der Waals surface area contributed by atoms with E-state index >= 15 is 0 Å². The molecule has 0 aliphatic heterocycles. The third-order valence-corrected chi connectivity index (χ3v) is 2.00. The SMILES string of the molecule is O=C(c1ccccc1)C(Cl)(Cl)Br. The Morgan fingerprint density at radius 2 is 1.75 bits per heavy atom. The molecule has 1 rings (SSSR count). The van der Waals surface area contributed by atoms with Crippen molar-refractivity contribution in [3.05, 3.63) is 35.9 Å². The smallest absolute Gasteiger partial charge is 0.234 e.